The summed E-state index contributed by atoms with van der Waals surface area (Å²) >= 11 is 0. The number of aliphatic hydroxyl groups excluding tert-OH is 1. The summed E-state index contributed by atoms with van der Waals surface area (Å²) in [5.41, 5.74) is 0. The van der Waals surface area contributed by atoms with E-state index in [1.54, 1.807) is 6.92 Å². The maximum absolute atomic E-state index is 10.7. The van der Waals surface area contributed by atoms with Gasteiger partial charge in [0.2, 0.25) is 0 Å². The zero-order valence-corrected chi connectivity index (χ0v) is 8.98. The third-order valence-electron chi connectivity index (χ3n) is 1.44. The Kier molecular flexibility index (Phi) is 9.05. The second-order valence-corrected chi connectivity index (χ2v) is 2.86. The van der Waals surface area contributed by atoms with Crippen LogP contribution in [0.5, 0.6) is 0 Å². The Morgan fingerprint density at radius 2 is 2.07 bits per heavy atom. The molecule has 15 heavy (non-hydrogen) atoms. The smallest absolute Gasteiger partial charge is 0.330 e. The molecule has 0 aliphatic carbocycles. The summed E-state index contributed by atoms with van der Waals surface area (Å²) in [7, 11) is 0. The van der Waals surface area contributed by atoms with Crippen LogP contribution in [0, 0.1) is 0 Å². The van der Waals surface area contributed by atoms with Crippen molar-refractivity contribution in [3.8, 4) is 0 Å². The van der Waals surface area contributed by atoms with E-state index >= 15 is 0 Å². The monoisotopic (exact) mass is 218 g/mol. The van der Waals surface area contributed by atoms with Gasteiger partial charge in [0, 0.05) is 6.08 Å². The Morgan fingerprint density at radius 3 is 2.67 bits per heavy atom. The fourth-order valence-electron chi connectivity index (χ4n) is 0.814. The molecule has 0 saturated heterocycles. The normalized spacial score (nSPS) is 12.1. The molecule has 0 aliphatic rings. The van der Waals surface area contributed by atoms with E-state index < -0.39 is 5.97 Å². The van der Waals surface area contributed by atoms with Gasteiger partial charge < -0.3 is 19.3 Å². The summed E-state index contributed by atoms with van der Waals surface area (Å²) in [4.78, 5) is 10.7. The van der Waals surface area contributed by atoms with Gasteiger partial charge in [-0.2, -0.15) is 0 Å². The fraction of sp³-hybridized carbons (Fsp3) is 0.700. The lowest BCUT2D eigenvalue weighted by Gasteiger charge is -2.12. The lowest BCUT2D eigenvalue weighted by atomic mass is 10.4. The van der Waals surface area contributed by atoms with Gasteiger partial charge in [0.05, 0.1) is 33.0 Å². The van der Waals surface area contributed by atoms with Crippen molar-refractivity contribution >= 4 is 5.97 Å². The molecule has 0 fully saturated rings. The topological polar surface area (TPSA) is 65.0 Å². The summed E-state index contributed by atoms with van der Waals surface area (Å²) in [6.07, 6.45) is 0.814. The molecule has 0 rings (SSSR count). The molecular formula is C10H18O5. The fourth-order valence-corrected chi connectivity index (χ4v) is 0.814. The summed E-state index contributed by atoms with van der Waals surface area (Å²) in [6, 6.07) is 0. The molecule has 1 N–H and O–H groups in total. The summed E-state index contributed by atoms with van der Waals surface area (Å²) < 4.78 is 15.0. The van der Waals surface area contributed by atoms with E-state index in [-0.39, 0.29) is 12.7 Å². The van der Waals surface area contributed by atoms with E-state index in [1.807, 2.05) is 0 Å². The number of aliphatic hydroxyl groups is 1. The van der Waals surface area contributed by atoms with E-state index in [0.717, 1.165) is 6.08 Å². The molecule has 1 atom stereocenters. The number of carbonyl (C=O) groups is 1. The van der Waals surface area contributed by atoms with Gasteiger partial charge in [0.25, 0.3) is 0 Å². The van der Waals surface area contributed by atoms with Crippen LogP contribution >= 0.6 is 0 Å². The predicted octanol–water partition coefficient (Wildman–Crippen LogP) is 0.130. The first-order chi connectivity index (χ1) is 7.20. The first-order valence-corrected chi connectivity index (χ1v) is 4.80. The highest BCUT2D eigenvalue weighted by atomic mass is 16.6. The van der Waals surface area contributed by atoms with Gasteiger partial charge in [0.15, 0.2) is 0 Å². The molecule has 0 heterocycles. The Bertz CT molecular complexity index is 181. The molecule has 5 heteroatoms. The Balaban J connectivity index is 3.27. The molecule has 88 valence electrons. The maximum Gasteiger partial charge on any atom is 0.330 e. The van der Waals surface area contributed by atoms with Crippen molar-refractivity contribution in [2.45, 2.75) is 13.0 Å². The van der Waals surface area contributed by atoms with Crippen molar-refractivity contribution in [1.29, 1.82) is 0 Å². The number of esters is 1. The van der Waals surface area contributed by atoms with E-state index in [2.05, 4.69) is 6.58 Å². The van der Waals surface area contributed by atoms with Crippen LogP contribution in [0.4, 0.5) is 0 Å². The summed E-state index contributed by atoms with van der Waals surface area (Å²) in [6.45, 7) is 6.49. The van der Waals surface area contributed by atoms with Gasteiger partial charge in [0.1, 0.15) is 6.10 Å². The lowest BCUT2D eigenvalue weighted by Crippen LogP contribution is -2.20. The van der Waals surface area contributed by atoms with Crippen LogP contribution in [-0.4, -0.2) is 50.2 Å². The van der Waals surface area contributed by atoms with Crippen molar-refractivity contribution < 1.29 is 24.1 Å². The van der Waals surface area contributed by atoms with Gasteiger partial charge in [-0.05, 0) is 6.92 Å². The zero-order chi connectivity index (χ0) is 11.5. The Labute approximate surface area is 89.6 Å². The van der Waals surface area contributed by atoms with Crippen molar-refractivity contribution in [3.05, 3.63) is 12.7 Å². The molecule has 0 aromatic heterocycles. The summed E-state index contributed by atoms with van der Waals surface area (Å²) in [5.74, 6) is -0.456. The van der Waals surface area contributed by atoms with E-state index in [4.69, 9.17) is 19.3 Å². The van der Waals surface area contributed by atoms with Crippen LogP contribution in [0.15, 0.2) is 12.7 Å². The second-order valence-electron chi connectivity index (χ2n) is 2.86. The van der Waals surface area contributed by atoms with Gasteiger partial charge in [-0.25, -0.2) is 4.79 Å². The van der Waals surface area contributed by atoms with Crippen molar-refractivity contribution in [2.24, 2.45) is 0 Å². The first-order valence-electron chi connectivity index (χ1n) is 4.80. The van der Waals surface area contributed by atoms with Crippen LogP contribution in [0.3, 0.4) is 0 Å². The maximum atomic E-state index is 10.7. The standard InChI is InChI=1S/C10H18O5/c1-3-10(12)15-9(2)8-14-7-6-13-5-4-11/h3,9,11H,1,4-8H2,2H3. The minimum absolute atomic E-state index is 0.00729. The lowest BCUT2D eigenvalue weighted by molar-refractivity contribution is -0.145. The van der Waals surface area contributed by atoms with Crippen LogP contribution in [0.1, 0.15) is 6.92 Å². The molecule has 0 bridgehead atoms. The third-order valence-corrected chi connectivity index (χ3v) is 1.44. The molecule has 0 spiro atoms. The largest absolute Gasteiger partial charge is 0.457 e. The molecule has 1 unspecified atom stereocenters. The minimum Gasteiger partial charge on any atom is -0.457 e. The van der Waals surface area contributed by atoms with Crippen molar-refractivity contribution in [3.63, 3.8) is 0 Å². The molecule has 5 nitrogen and oxygen atoms in total. The highest BCUT2D eigenvalue weighted by Crippen LogP contribution is 1.93. The van der Waals surface area contributed by atoms with Gasteiger partial charge in [-0.15, -0.1) is 0 Å². The Morgan fingerprint density at radius 1 is 1.40 bits per heavy atom. The predicted molar refractivity (Wildman–Crippen MR) is 54.5 cm³/mol. The van der Waals surface area contributed by atoms with E-state index in [0.29, 0.717) is 26.4 Å². The molecule has 0 aliphatic heterocycles. The van der Waals surface area contributed by atoms with Crippen LogP contribution in [-0.2, 0) is 19.0 Å². The van der Waals surface area contributed by atoms with Crippen LogP contribution in [0.25, 0.3) is 0 Å². The van der Waals surface area contributed by atoms with Crippen LogP contribution < -0.4 is 0 Å². The van der Waals surface area contributed by atoms with Gasteiger partial charge in [-0.1, -0.05) is 6.58 Å². The molecule has 0 aromatic rings. The summed E-state index contributed by atoms with van der Waals surface area (Å²) in [5, 5.41) is 8.40. The molecule has 0 amide bonds. The molecular weight excluding hydrogens is 200 g/mol. The molecule has 0 saturated carbocycles. The number of hydrogen-bond donors (Lipinski definition) is 1. The number of hydrogen-bond acceptors (Lipinski definition) is 5. The second kappa shape index (κ2) is 9.64. The number of carbonyl (C=O) groups excluding carboxylic acids is 1. The zero-order valence-electron chi connectivity index (χ0n) is 8.98. The third kappa shape index (κ3) is 9.40. The average Bonchev–Trinajstić information content (AvgIpc) is 2.23. The van der Waals surface area contributed by atoms with E-state index in [9.17, 15) is 4.79 Å². The number of ether oxygens (including phenoxy) is 3. The highest BCUT2D eigenvalue weighted by molar-refractivity contribution is 5.81. The quantitative estimate of drug-likeness (QED) is 0.338. The van der Waals surface area contributed by atoms with Crippen LogP contribution in [0.2, 0.25) is 0 Å². The molecule has 0 aromatic carbocycles. The SMILES string of the molecule is C=CC(=O)OC(C)COCCOCCO. The van der Waals surface area contributed by atoms with Crippen molar-refractivity contribution in [2.75, 3.05) is 33.0 Å². The Hall–Kier alpha value is -0.910. The van der Waals surface area contributed by atoms with Gasteiger partial charge in [-0.3, -0.25) is 0 Å². The minimum atomic E-state index is -0.456. The first kappa shape index (κ1) is 14.1. The van der Waals surface area contributed by atoms with Gasteiger partial charge >= 0.3 is 5.97 Å². The molecule has 0 radical (unpaired) electrons. The highest BCUT2D eigenvalue weighted by Gasteiger charge is 2.05. The van der Waals surface area contributed by atoms with E-state index in [1.165, 1.54) is 0 Å². The number of rotatable bonds is 9. The average molecular weight is 218 g/mol. The van der Waals surface area contributed by atoms with Crippen molar-refractivity contribution in [1.82, 2.24) is 0 Å².